The lowest BCUT2D eigenvalue weighted by molar-refractivity contribution is -0.137. The standard InChI is InChI=1S/C20H20F2O2/c1-5-24-18(23)7-6-15-11-16(8-14(4)20(15)22)19-12(2)9-17(21)10-13(19)3/h6-11H,5H2,1-4H3/b7-6-. The predicted molar refractivity (Wildman–Crippen MR) is 91.7 cm³/mol. The first-order valence-electron chi connectivity index (χ1n) is 7.75. The Balaban J connectivity index is 2.53. The number of esters is 1. The van der Waals surface area contributed by atoms with Crippen LogP contribution in [0.2, 0.25) is 0 Å². The second kappa shape index (κ2) is 7.39. The van der Waals surface area contributed by atoms with Gasteiger partial charge in [-0.05, 0) is 85.9 Å². The Morgan fingerprint density at radius 1 is 1.04 bits per heavy atom. The van der Waals surface area contributed by atoms with E-state index >= 15 is 0 Å². The van der Waals surface area contributed by atoms with Gasteiger partial charge in [0.15, 0.2) is 0 Å². The average Bonchev–Trinajstić information content (AvgIpc) is 2.48. The molecular weight excluding hydrogens is 310 g/mol. The molecule has 0 amide bonds. The Hall–Kier alpha value is -2.49. The summed E-state index contributed by atoms with van der Waals surface area (Å²) in [6.45, 7) is 7.26. The molecule has 0 aliphatic heterocycles. The van der Waals surface area contributed by atoms with Gasteiger partial charge in [-0.2, -0.15) is 0 Å². The first-order chi connectivity index (χ1) is 11.3. The van der Waals surface area contributed by atoms with Gasteiger partial charge in [-0.3, -0.25) is 0 Å². The van der Waals surface area contributed by atoms with Crippen LogP contribution in [-0.2, 0) is 9.53 Å². The van der Waals surface area contributed by atoms with Gasteiger partial charge in [-0.15, -0.1) is 0 Å². The molecular formula is C20H20F2O2. The van der Waals surface area contributed by atoms with Crippen molar-refractivity contribution in [3.63, 3.8) is 0 Å². The zero-order chi connectivity index (χ0) is 17.9. The van der Waals surface area contributed by atoms with Gasteiger partial charge in [0.1, 0.15) is 11.6 Å². The van der Waals surface area contributed by atoms with E-state index < -0.39 is 11.8 Å². The summed E-state index contributed by atoms with van der Waals surface area (Å²) in [6.07, 6.45) is 2.60. The van der Waals surface area contributed by atoms with E-state index in [1.165, 1.54) is 24.3 Å². The van der Waals surface area contributed by atoms with Crippen molar-refractivity contribution in [2.24, 2.45) is 0 Å². The summed E-state index contributed by atoms with van der Waals surface area (Å²) < 4.78 is 32.7. The Morgan fingerprint density at radius 2 is 1.67 bits per heavy atom. The minimum atomic E-state index is -0.519. The molecule has 0 saturated heterocycles. The van der Waals surface area contributed by atoms with Crippen molar-refractivity contribution < 1.29 is 18.3 Å². The lowest BCUT2D eigenvalue weighted by atomic mass is 9.92. The number of halogens is 2. The number of aryl methyl sites for hydroxylation is 3. The van der Waals surface area contributed by atoms with Gasteiger partial charge in [0.2, 0.25) is 0 Å². The van der Waals surface area contributed by atoms with Crippen LogP contribution >= 0.6 is 0 Å². The molecule has 0 unspecified atom stereocenters. The van der Waals surface area contributed by atoms with Gasteiger partial charge in [-0.25, -0.2) is 13.6 Å². The molecule has 0 heterocycles. The number of rotatable bonds is 4. The lowest BCUT2D eigenvalue weighted by Gasteiger charge is -2.13. The normalized spacial score (nSPS) is 11.1. The fourth-order valence-electron chi connectivity index (χ4n) is 2.78. The Labute approximate surface area is 140 Å². The van der Waals surface area contributed by atoms with Crippen LogP contribution < -0.4 is 0 Å². The van der Waals surface area contributed by atoms with E-state index in [-0.39, 0.29) is 12.4 Å². The molecule has 0 saturated carbocycles. The summed E-state index contributed by atoms with van der Waals surface area (Å²) in [7, 11) is 0. The smallest absolute Gasteiger partial charge is 0.330 e. The van der Waals surface area contributed by atoms with Crippen LogP contribution in [0.25, 0.3) is 17.2 Å². The molecule has 126 valence electrons. The molecule has 0 spiro atoms. The molecule has 2 aromatic carbocycles. The molecule has 2 rings (SSSR count). The third kappa shape index (κ3) is 3.88. The Bertz CT molecular complexity index is 785. The summed E-state index contributed by atoms with van der Waals surface area (Å²) >= 11 is 0. The molecule has 0 atom stereocenters. The maximum Gasteiger partial charge on any atom is 0.330 e. The van der Waals surface area contributed by atoms with Crippen LogP contribution in [0.1, 0.15) is 29.2 Å². The second-order valence-corrected chi connectivity index (χ2v) is 5.70. The average molecular weight is 330 g/mol. The molecule has 2 nitrogen and oxygen atoms in total. The summed E-state index contributed by atoms with van der Waals surface area (Å²) in [5.41, 5.74) is 3.95. The molecule has 0 aliphatic rings. The number of hydrogen-bond acceptors (Lipinski definition) is 2. The van der Waals surface area contributed by atoms with E-state index in [4.69, 9.17) is 4.74 Å². The lowest BCUT2D eigenvalue weighted by Crippen LogP contribution is -1.99. The fourth-order valence-corrected chi connectivity index (χ4v) is 2.78. The largest absolute Gasteiger partial charge is 0.463 e. The number of hydrogen-bond donors (Lipinski definition) is 0. The van der Waals surface area contributed by atoms with Crippen molar-refractivity contribution in [3.05, 3.63) is 64.2 Å². The SMILES string of the molecule is CCOC(=O)/C=C\c1cc(-c2c(C)cc(F)cc2C)cc(C)c1F. The summed E-state index contributed by atoms with van der Waals surface area (Å²) in [4.78, 5) is 11.4. The van der Waals surface area contributed by atoms with Crippen molar-refractivity contribution in [2.45, 2.75) is 27.7 Å². The van der Waals surface area contributed by atoms with Gasteiger partial charge in [0.25, 0.3) is 0 Å². The van der Waals surface area contributed by atoms with E-state index in [2.05, 4.69) is 0 Å². The van der Waals surface area contributed by atoms with Gasteiger partial charge in [-0.1, -0.05) is 0 Å². The van der Waals surface area contributed by atoms with Gasteiger partial charge < -0.3 is 4.74 Å². The highest BCUT2D eigenvalue weighted by Gasteiger charge is 2.12. The minimum Gasteiger partial charge on any atom is -0.463 e. The van der Waals surface area contributed by atoms with Crippen molar-refractivity contribution in [2.75, 3.05) is 6.61 Å². The van der Waals surface area contributed by atoms with Crippen molar-refractivity contribution in [1.29, 1.82) is 0 Å². The molecule has 0 aromatic heterocycles. The molecule has 0 radical (unpaired) electrons. The number of benzene rings is 2. The molecule has 2 aromatic rings. The van der Waals surface area contributed by atoms with E-state index in [9.17, 15) is 13.6 Å². The fraction of sp³-hybridized carbons (Fsp3) is 0.250. The van der Waals surface area contributed by atoms with E-state index in [1.54, 1.807) is 26.0 Å². The molecule has 0 aliphatic carbocycles. The third-order valence-corrected chi connectivity index (χ3v) is 3.75. The first kappa shape index (κ1) is 17.9. The maximum absolute atomic E-state index is 14.3. The van der Waals surface area contributed by atoms with E-state index in [0.29, 0.717) is 11.1 Å². The zero-order valence-electron chi connectivity index (χ0n) is 14.2. The van der Waals surface area contributed by atoms with Crippen LogP contribution in [0.5, 0.6) is 0 Å². The number of carbonyl (C=O) groups excluding carboxylic acids is 1. The molecule has 4 heteroatoms. The number of ether oxygens (including phenoxy) is 1. The monoisotopic (exact) mass is 330 g/mol. The summed E-state index contributed by atoms with van der Waals surface area (Å²) in [5, 5.41) is 0. The summed E-state index contributed by atoms with van der Waals surface area (Å²) in [6, 6.07) is 6.29. The van der Waals surface area contributed by atoms with Gasteiger partial charge in [0, 0.05) is 11.6 Å². The zero-order valence-corrected chi connectivity index (χ0v) is 14.2. The summed E-state index contributed by atoms with van der Waals surface area (Å²) in [5.74, 6) is -1.21. The van der Waals surface area contributed by atoms with Gasteiger partial charge in [0.05, 0.1) is 6.61 Å². The number of carbonyl (C=O) groups is 1. The molecule has 0 bridgehead atoms. The van der Waals surface area contributed by atoms with Crippen LogP contribution in [-0.4, -0.2) is 12.6 Å². The first-order valence-corrected chi connectivity index (χ1v) is 7.75. The van der Waals surface area contributed by atoms with Crippen LogP contribution in [0, 0.1) is 32.4 Å². The van der Waals surface area contributed by atoms with Crippen LogP contribution in [0.3, 0.4) is 0 Å². The highest BCUT2D eigenvalue weighted by molar-refractivity contribution is 5.87. The van der Waals surface area contributed by atoms with Crippen LogP contribution in [0.15, 0.2) is 30.3 Å². The predicted octanol–water partition coefficient (Wildman–Crippen LogP) is 5.13. The molecule has 0 N–H and O–H groups in total. The highest BCUT2D eigenvalue weighted by atomic mass is 19.1. The van der Waals surface area contributed by atoms with Crippen molar-refractivity contribution >= 4 is 12.0 Å². The van der Waals surface area contributed by atoms with E-state index in [0.717, 1.165) is 22.3 Å². The minimum absolute atomic E-state index is 0.263. The molecule has 0 fully saturated rings. The Kier molecular flexibility index (Phi) is 5.50. The highest BCUT2D eigenvalue weighted by Crippen LogP contribution is 2.31. The molecule has 24 heavy (non-hydrogen) atoms. The topological polar surface area (TPSA) is 26.3 Å². The van der Waals surface area contributed by atoms with E-state index in [1.807, 2.05) is 13.8 Å². The third-order valence-electron chi connectivity index (χ3n) is 3.75. The van der Waals surface area contributed by atoms with Gasteiger partial charge >= 0.3 is 5.97 Å². The van der Waals surface area contributed by atoms with Crippen LogP contribution in [0.4, 0.5) is 8.78 Å². The second-order valence-electron chi connectivity index (χ2n) is 5.70. The van der Waals surface area contributed by atoms with Crippen molar-refractivity contribution in [1.82, 2.24) is 0 Å². The quantitative estimate of drug-likeness (QED) is 0.573. The Morgan fingerprint density at radius 3 is 2.25 bits per heavy atom. The van der Waals surface area contributed by atoms with Crippen molar-refractivity contribution in [3.8, 4) is 11.1 Å². The maximum atomic E-state index is 14.3.